The topological polar surface area (TPSA) is 63.2 Å². The first-order valence-corrected chi connectivity index (χ1v) is 8.32. The van der Waals surface area contributed by atoms with E-state index in [9.17, 15) is 17.6 Å². The first-order valence-electron chi connectivity index (χ1n) is 5.64. The largest absolute Gasteiger partial charge is 0.351 e. The molecule has 1 rings (SSSR count). The van der Waals surface area contributed by atoms with Crippen LogP contribution in [0, 0.1) is 11.2 Å². The number of carbonyl (C=O) groups is 1. The number of benzene rings is 1. The van der Waals surface area contributed by atoms with Gasteiger partial charge in [0.15, 0.2) is 0 Å². The second kappa shape index (κ2) is 5.87. The fourth-order valence-corrected chi connectivity index (χ4v) is 2.47. The van der Waals surface area contributed by atoms with E-state index >= 15 is 0 Å². The zero-order valence-corrected chi connectivity index (χ0v) is 13.5. The lowest BCUT2D eigenvalue weighted by molar-refractivity contribution is 0.0939. The van der Waals surface area contributed by atoms with Crippen LogP contribution in [0.4, 0.5) is 4.39 Å². The monoisotopic (exact) mass is 341 g/mol. The fraction of sp³-hybridized carbons (Fsp3) is 0.417. The summed E-state index contributed by atoms with van der Waals surface area (Å²) < 4.78 is 35.9. The van der Waals surface area contributed by atoms with Crippen molar-refractivity contribution < 1.29 is 17.6 Å². The van der Waals surface area contributed by atoms with Crippen molar-refractivity contribution in [2.24, 2.45) is 5.41 Å². The molecule has 112 valence electrons. The summed E-state index contributed by atoms with van der Waals surface area (Å²) >= 11 is 5.76. The minimum atomic E-state index is -4.29. The minimum Gasteiger partial charge on any atom is -0.351 e. The van der Waals surface area contributed by atoms with Gasteiger partial charge in [0.25, 0.3) is 15.0 Å². The van der Waals surface area contributed by atoms with Crippen molar-refractivity contribution in [3.63, 3.8) is 0 Å². The Balaban J connectivity index is 3.16. The van der Waals surface area contributed by atoms with Gasteiger partial charge in [-0.1, -0.05) is 32.4 Å². The van der Waals surface area contributed by atoms with Crippen molar-refractivity contribution in [3.05, 3.63) is 28.5 Å². The summed E-state index contributed by atoms with van der Waals surface area (Å²) in [7, 11) is 0.809. The number of nitrogens with one attached hydrogen (secondary N) is 1. The molecule has 0 aliphatic rings. The Morgan fingerprint density at radius 3 is 2.35 bits per heavy atom. The molecule has 1 N–H and O–H groups in total. The van der Waals surface area contributed by atoms with Gasteiger partial charge in [0.2, 0.25) is 0 Å². The van der Waals surface area contributed by atoms with Crippen molar-refractivity contribution in [2.75, 3.05) is 6.54 Å². The lowest BCUT2D eigenvalue weighted by Crippen LogP contribution is -2.32. The Kier molecular flexibility index (Phi) is 5.05. The van der Waals surface area contributed by atoms with E-state index in [1.54, 1.807) is 0 Å². The van der Waals surface area contributed by atoms with Gasteiger partial charge in [0.1, 0.15) is 10.7 Å². The molecular weight excluding hydrogens is 328 g/mol. The standard InChI is InChI=1S/C12H14Cl2FNO3S/c1-12(2,3)6-16-11(17)7-4-10(20(14,18)19)9(15)5-8(7)13/h4-5H,6H2,1-3H3,(H,16,17). The molecule has 0 aromatic heterocycles. The average molecular weight is 342 g/mol. The van der Waals surface area contributed by atoms with Crippen molar-refractivity contribution >= 4 is 37.2 Å². The Bertz CT molecular complexity index is 639. The number of amides is 1. The quantitative estimate of drug-likeness (QED) is 0.858. The molecular formula is C12H14Cl2FNO3S. The first kappa shape index (κ1) is 17.2. The second-order valence-electron chi connectivity index (χ2n) is 5.44. The minimum absolute atomic E-state index is 0.142. The first-order chi connectivity index (χ1) is 8.92. The Labute approximate surface area is 126 Å². The molecule has 8 heteroatoms. The predicted molar refractivity (Wildman–Crippen MR) is 76.2 cm³/mol. The van der Waals surface area contributed by atoms with Crippen LogP contribution in [0.1, 0.15) is 31.1 Å². The SMILES string of the molecule is CC(C)(C)CNC(=O)c1cc(S(=O)(=O)Cl)c(F)cc1Cl. The normalized spacial score (nSPS) is 12.3. The Hall–Kier alpha value is -0.850. The molecule has 0 heterocycles. The molecule has 0 bridgehead atoms. The van der Waals surface area contributed by atoms with Gasteiger partial charge in [-0.05, 0) is 17.5 Å². The van der Waals surface area contributed by atoms with Crippen LogP contribution in [0.15, 0.2) is 17.0 Å². The fourth-order valence-electron chi connectivity index (χ4n) is 1.33. The van der Waals surface area contributed by atoms with E-state index in [2.05, 4.69) is 5.32 Å². The van der Waals surface area contributed by atoms with E-state index in [1.807, 2.05) is 20.8 Å². The maximum Gasteiger partial charge on any atom is 0.264 e. The zero-order chi connectivity index (χ0) is 15.7. The van der Waals surface area contributed by atoms with Gasteiger partial charge in [0, 0.05) is 17.2 Å². The lowest BCUT2D eigenvalue weighted by atomic mass is 9.97. The van der Waals surface area contributed by atoms with Gasteiger partial charge >= 0.3 is 0 Å². The smallest absolute Gasteiger partial charge is 0.264 e. The molecule has 0 aliphatic carbocycles. The van der Waals surface area contributed by atoms with Crippen LogP contribution in [0.5, 0.6) is 0 Å². The number of rotatable bonds is 3. The van der Waals surface area contributed by atoms with Crippen molar-refractivity contribution in [3.8, 4) is 0 Å². The van der Waals surface area contributed by atoms with Gasteiger partial charge in [0.05, 0.1) is 10.6 Å². The van der Waals surface area contributed by atoms with Crippen LogP contribution in [-0.2, 0) is 9.05 Å². The number of hydrogen-bond acceptors (Lipinski definition) is 3. The van der Waals surface area contributed by atoms with Crippen molar-refractivity contribution in [1.82, 2.24) is 5.32 Å². The van der Waals surface area contributed by atoms with Crippen LogP contribution in [0.25, 0.3) is 0 Å². The van der Waals surface area contributed by atoms with Gasteiger partial charge in [-0.2, -0.15) is 0 Å². The molecule has 0 saturated carbocycles. The van der Waals surface area contributed by atoms with Gasteiger partial charge in [-0.25, -0.2) is 12.8 Å². The molecule has 0 fully saturated rings. The molecule has 0 aliphatic heterocycles. The van der Waals surface area contributed by atoms with Crippen LogP contribution < -0.4 is 5.32 Å². The molecule has 1 amide bonds. The van der Waals surface area contributed by atoms with E-state index in [4.69, 9.17) is 22.3 Å². The van der Waals surface area contributed by atoms with Crippen LogP contribution in [-0.4, -0.2) is 20.9 Å². The van der Waals surface area contributed by atoms with E-state index in [-0.39, 0.29) is 16.0 Å². The predicted octanol–water partition coefficient (Wildman–Crippen LogP) is 3.18. The molecule has 0 atom stereocenters. The summed E-state index contributed by atoms with van der Waals surface area (Å²) in [6, 6.07) is 1.58. The number of hydrogen-bond donors (Lipinski definition) is 1. The summed E-state index contributed by atoms with van der Waals surface area (Å²) in [5.41, 5.74) is -0.305. The Morgan fingerprint density at radius 2 is 1.90 bits per heavy atom. The molecule has 0 radical (unpaired) electrons. The third-order valence-electron chi connectivity index (χ3n) is 2.31. The van der Waals surface area contributed by atoms with Crippen molar-refractivity contribution in [1.29, 1.82) is 0 Å². The van der Waals surface area contributed by atoms with E-state index < -0.39 is 25.7 Å². The van der Waals surface area contributed by atoms with E-state index in [0.717, 1.165) is 12.1 Å². The molecule has 20 heavy (non-hydrogen) atoms. The average Bonchev–Trinajstić information content (AvgIpc) is 2.23. The molecule has 0 unspecified atom stereocenters. The van der Waals surface area contributed by atoms with Crippen molar-refractivity contribution in [2.45, 2.75) is 25.7 Å². The molecule has 0 saturated heterocycles. The summed E-state index contributed by atoms with van der Waals surface area (Å²) in [6.45, 7) is 6.08. The second-order valence-corrected chi connectivity index (χ2v) is 8.39. The zero-order valence-electron chi connectivity index (χ0n) is 11.1. The molecule has 4 nitrogen and oxygen atoms in total. The van der Waals surface area contributed by atoms with Crippen LogP contribution in [0.2, 0.25) is 5.02 Å². The Morgan fingerprint density at radius 1 is 1.35 bits per heavy atom. The van der Waals surface area contributed by atoms with Crippen LogP contribution >= 0.6 is 22.3 Å². The van der Waals surface area contributed by atoms with Gasteiger partial charge in [-0.15, -0.1) is 0 Å². The summed E-state index contributed by atoms with van der Waals surface area (Å²) in [5.74, 6) is -1.69. The summed E-state index contributed by atoms with van der Waals surface area (Å²) in [5, 5.41) is 2.41. The lowest BCUT2D eigenvalue weighted by Gasteiger charge is -2.19. The van der Waals surface area contributed by atoms with E-state index in [1.165, 1.54) is 0 Å². The highest BCUT2D eigenvalue weighted by Gasteiger charge is 2.22. The van der Waals surface area contributed by atoms with Crippen LogP contribution in [0.3, 0.4) is 0 Å². The van der Waals surface area contributed by atoms with E-state index in [0.29, 0.717) is 6.54 Å². The maximum absolute atomic E-state index is 13.5. The molecule has 1 aromatic carbocycles. The highest BCUT2D eigenvalue weighted by atomic mass is 35.7. The maximum atomic E-state index is 13.5. The molecule has 0 spiro atoms. The summed E-state index contributed by atoms with van der Waals surface area (Å²) in [6.07, 6.45) is 0. The highest BCUT2D eigenvalue weighted by Crippen LogP contribution is 2.26. The number of carbonyl (C=O) groups excluding carboxylic acids is 1. The summed E-state index contributed by atoms with van der Waals surface area (Å²) in [4.78, 5) is 11.2. The third kappa shape index (κ3) is 4.61. The van der Waals surface area contributed by atoms with Gasteiger partial charge < -0.3 is 5.32 Å². The third-order valence-corrected chi connectivity index (χ3v) is 3.96. The van der Waals surface area contributed by atoms with Gasteiger partial charge in [-0.3, -0.25) is 4.79 Å². The number of halogens is 3. The highest BCUT2D eigenvalue weighted by molar-refractivity contribution is 8.13. The molecule has 1 aromatic rings.